The van der Waals surface area contributed by atoms with Crippen LogP contribution >= 0.6 is 0 Å². The number of carbonyl (C=O) groups excluding carboxylic acids is 1. The molecule has 2 N–H and O–H groups in total. The second-order valence-corrected chi connectivity index (χ2v) is 3.94. The first-order chi connectivity index (χ1) is 7.31. The number of benzene rings is 1. The van der Waals surface area contributed by atoms with Crippen LogP contribution in [0, 0.1) is 5.92 Å². The number of hydrogen-bond donors (Lipinski definition) is 2. The molecule has 2 rings (SSSR count). The molecule has 0 radical (unpaired) electrons. The lowest BCUT2D eigenvalue weighted by Crippen LogP contribution is -2.39. The minimum absolute atomic E-state index is 0.0301. The van der Waals surface area contributed by atoms with Gasteiger partial charge in [-0.25, -0.2) is 0 Å². The summed E-state index contributed by atoms with van der Waals surface area (Å²) in [5.74, 6) is 0.221. The predicted molar refractivity (Wildman–Crippen MR) is 57.1 cm³/mol. The zero-order valence-electron chi connectivity index (χ0n) is 8.52. The van der Waals surface area contributed by atoms with E-state index >= 15 is 0 Å². The molecule has 0 unspecified atom stereocenters. The lowest BCUT2D eigenvalue weighted by atomic mass is 9.87. The molecule has 1 aliphatic rings. The van der Waals surface area contributed by atoms with Gasteiger partial charge in [-0.05, 0) is 12.0 Å². The van der Waals surface area contributed by atoms with Gasteiger partial charge in [-0.3, -0.25) is 4.79 Å². The first-order valence-corrected chi connectivity index (χ1v) is 5.26. The summed E-state index contributed by atoms with van der Waals surface area (Å²) in [5.41, 5.74) is 1.07. The van der Waals surface area contributed by atoms with Gasteiger partial charge < -0.3 is 10.4 Å². The van der Waals surface area contributed by atoms with Crippen LogP contribution in [-0.2, 0) is 4.79 Å². The Bertz CT molecular complexity index is 337. The molecule has 0 bridgehead atoms. The van der Waals surface area contributed by atoms with E-state index in [2.05, 4.69) is 5.32 Å². The predicted octanol–water partition coefficient (Wildman–Crippen LogP) is 1.25. The maximum Gasteiger partial charge on any atom is 0.220 e. The summed E-state index contributed by atoms with van der Waals surface area (Å²) in [6, 6.07) is 9.78. The van der Waals surface area contributed by atoms with Gasteiger partial charge in [0, 0.05) is 18.9 Å². The Balaban J connectivity index is 2.21. The smallest absolute Gasteiger partial charge is 0.220 e. The quantitative estimate of drug-likeness (QED) is 0.763. The molecule has 0 spiro atoms. The number of piperidine rings is 1. The fourth-order valence-electron chi connectivity index (χ4n) is 2.06. The van der Waals surface area contributed by atoms with E-state index in [4.69, 9.17) is 0 Å². The van der Waals surface area contributed by atoms with Crippen LogP contribution in [0.2, 0.25) is 0 Å². The van der Waals surface area contributed by atoms with E-state index in [0.717, 1.165) is 12.0 Å². The molecular weight excluding hydrogens is 190 g/mol. The van der Waals surface area contributed by atoms with Crippen molar-refractivity contribution in [2.24, 2.45) is 5.92 Å². The normalized spacial score (nSPS) is 26.1. The fourth-order valence-corrected chi connectivity index (χ4v) is 2.06. The second-order valence-electron chi connectivity index (χ2n) is 3.94. The molecule has 3 heteroatoms. The van der Waals surface area contributed by atoms with E-state index in [0.29, 0.717) is 6.42 Å². The van der Waals surface area contributed by atoms with Crippen LogP contribution in [0.3, 0.4) is 0 Å². The molecule has 80 valence electrons. The Labute approximate surface area is 89.1 Å². The van der Waals surface area contributed by atoms with Crippen molar-refractivity contribution in [2.45, 2.75) is 18.9 Å². The monoisotopic (exact) mass is 205 g/mol. The van der Waals surface area contributed by atoms with Crippen LogP contribution in [0.1, 0.15) is 24.4 Å². The molecule has 1 saturated heterocycles. The molecular formula is C12H15NO2. The van der Waals surface area contributed by atoms with Crippen molar-refractivity contribution in [1.29, 1.82) is 0 Å². The number of amides is 1. The summed E-state index contributed by atoms with van der Waals surface area (Å²) in [7, 11) is 0. The van der Waals surface area contributed by atoms with Gasteiger partial charge in [0.15, 0.2) is 0 Å². The Morgan fingerprint density at radius 1 is 1.33 bits per heavy atom. The molecule has 1 aromatic rings. The number of hydrogen-bond acceptors (Lipinski definition) is 2. The highest BCUT2D eigenvalue weighted by molar-refractivity contribution is 5.77. The Morgan fingerprint density at radius 3 is 2.73 bits per heavy atom. The van der Waals surface area contributed by atoms with Crippen LogP contribution in [0.5, 0.6) is 0 Å². The lowest BCUT2D eigenvalue weighted by molar-refractivity contribution is -0.124. The maximum absolute atomic E-state index is 11.3. The van der Waals surface area contributed by atoms with Crippen LogP contribution in [-0.4, -0.2) is 17.6 Å². The van der Waals surface area contributed by atoms with Gasteiger partial charge in [-0.2, -0.15) is 0 Å². The average molecular weight is 205 g/mol. The van der Waals surface area contributed by atoms with Crippen molar-refractivity contribution >= 4 is 5.91 Å². The SMILES string of the molecule is O=C1CC[C@@H](CO)[C@H](c2ccccc2)N1. The highest BCUT2D eigenvalue weighted by Gasteiger charge is 2.28. The van der Waals surface area contributed by atoms with Crippen molar-refractivity contribution in [2.75, 3.05) is 6.61 Å². The molecule has 0 aromatic heterocycles. The molecule has 1 aromatic carbocycles. The summed E-state index contributed by atoms with van der Waals surface area (Å²) in [5, 5.41) is 12.2. The molecule has 2 atom stereocenters. The third kappa shape index (κ3) is 2.18. The largest absolute Gasteiger partial charge is 0.396 e. The summed E-state index contributed by atoms with van der Waals surface area (Å²) in [6.07, 6.45) is 1.29. The van der Waals surface area contributed by atoms with E-state index in [1.54, 1.807) is 0 Å². The zero-order chi connectivity index (χ0) is 10.7. The molecule has 1 heterocycles. The van der Waals surface area contributed by atoms with Gasteiger partial charge in [0.25, 0.3) is 0 Å². The topological polar surface area (TPSA) is 49.3 Å². The Morgan fingerprint density at radius 2 is 2.07 bits per heavy atom. The second kappa shape index (κ2) is 4.45. The molecule has 0 saturated carbocycles. The summed E-state index contributed by atoms with van der Waals surface area (Å²) in [6.45, 7) is 0.125. The number of aliphatic hydroxyl groups is 1. The fraction of sp³-hybridized carbons (Fsp3) is 0.417. The standard InChI is InChI=1S/C12H15NO2/c14-8-10-6-7-11(15)13-12(10)9-4-2-1-3-5-9/h1-5,10,12,14H,6-8H2,(H,13,15)/t10-,12-/m0/s1. The van der Waals surface area contributed by atoms with Crippen molar-refractivity contribution < 1.29 is 9.90 Å². The van der Waals surface area contributed by atoms with E-state index in [-0.39, 0.29) is 24.5 Å². The highest BCUT2D eigenvalue weighted by atomic mass is 16.3. The molecule has 3 nitrogen and oxygen atoms in total. The summed E-state index contributed by atoms with van der Waals surface area (Å²) >= 11 is 0. The minimum atomic E-state index is -0.0301. The van der Waals surface area contributed by atoms with E-state index in [1.165, 1.54) is 0 Å². The number of nitrogens with one attached hydrogen (secondary N) is 1. The zero-order valence-corrected chi connectivity index (χ0v) is 8.52. The van der Waals surface area contributed by atoms with Crippen LogP contribution in [0.15, 0.2) is 30.3 Å². The van der Waals surface area contributed by atoms with Gasteiger partial charge >= 0.3 is 0 Å². The van der Waals surface area contributed by atoms with Crippen LogP contribution < -0.4 is 5.32 Å². The van der Waals surface area contributed by atoms with Crippen molar-refractivity contribution in [3.05, 3.63) is 35.9 Å². The highest BCUT2D eigenvalue weighted by Crippen LogP contribution is 2.28. The maximum atomic E-state index is 11.3. The van der Waals surface area contributed by atoms with Gasteiger partial charge in [0.05, 0.1) is 6.04 Å². The Hall–Kier alpha value is -1.35. The van der Waals surface area contributed by atoms with E-state index in [1.807, 2.05) is 30.3 Å². The number of aliphatic hydroxyl groups excluding tert-OH is 1. The number of carbonyl (C=O) groups is 1. The van der Waals surface area contributed by atoms with Crippen LogP contribution in [0.4, 0.5) is 0 Å². The first-order valence-electron chi connectivity index (χ1n) is 5.26. The van der Waals surface area contributed by atoms with E-state index in [9.17, 15) is 9.90 Å². The molecule has 1 fully saturated rings. The minimum Gasteiger partial charge on any atom is -0.396 e. The lowest BCUT2D eigenvalue weighted by Gasteiger charge is -2.31. The summed E-state index contributed by atoms with van der Waals surface area (Å²) < 4.78 is 0. The molecule has 1 amide bonds. The number of rotatable bonds is 2. The van der Waals surface area contributed by atoms with Crippen LogP contribution in [0.25, 0.3) is 0 Å². The molecule has 1 aliphatic heterocycles. The van der Waals surface area contributed by atoms with Crippen molar-refractivity contribution in [3.63, 3.8) is 0 Å². The van der Waals surface area contributed by atoms with Gasteiger partial charge in [0.1, 0.15) is 0 Å². The average Bonchev–Trinajstić information content (AvgIpc) is 2.30. The summed E-state index contributed by atoms with van der Waals surface area (Å²) in [4.78, 5) is 11.3. The van der Waals surface area contributed by atoms with Crippen molar-refractivity contribution in [3.8, 4) is 0 Å². The molecule has 0 aliphatic carbocycles. The van der Waals surface area contributed by atoms with Crippen molar-refractivity contribution in [1.82, 2.24) is 5.32 Å². The Kier molecular flexibility index (Phi) is 3.02. The third-order valence-electron chi connectivity index (χ3n) is 2.92. The van der Waals surface area contributed by atoms with Gasteiger partial charge in [-0.1, -0.05) is 30.3 Å². The first kappa shape index (κ1) is 10.2. The van der Waals surface area contributed by atoms with E-state index < -0.39 is 0 Å². The molecule has 15 heavy (non-hydrogen) atoms. The van der Waals surface area contributed by atoms with Gasteiger partial charge in [-0.15, -0.1) is 0 Å². The third-order valence-corrected chi connectivity index (χ3v) is 2.92. The van der Waals surface area contributed by atoms with Gasteiger partial charge in [0.2, 0.25) is 5.91 Å².